The van der Waals surface area contributed by atoms with Crippen molar-refractivity contribution in [2.75, 3.05) is 6.54 Å². The van der Waals surface area contributed by atoms with Crippen molar-refractivity contribution in [3.8, 4) is 16.2 Å². The van der Waals surface area contributed by atoms with Crippen LogP contribution in [0.3, 0.4) is 0 Å². The molecule has 0 saturated carbocycles. The summed E-state index contributed by atoms with van der Waals surface area (Å²) in [5, 5.41) is 16.4. The Morgan fingerprint density at radius 3 is 2.52 bits per heavy atom. The Hall–Kier alpha value is -2.63. The molecule has 1 saturated heterocycles. The number of aliphatic hydroxyl groups excluding tert-OH is 1. The van der Waals surface area contributed by atoms with Gasteiger partial charge < -0.3 is 25.4 Å². The predicted molar refractivity (Wildman–Crippen MR) is 160 cm³/mol. The van der Waals surface area contributed by atoms with Crippen LogP contribution in [0.5, 0.6) is 5.75 Å². The van der Waals surface area contributed by atoms with Gasteiger partial charge in [0, 0.05) is 36.7 Å². The van der Waals surface area contributed by atoms with E-state index in [4.69, 9.17) is 4.74 Å². The van der Waals surface area contributed by atoms with Crippen molar-refractivity contribution >= 4 is 40.8 Å². The molecule has 3 rings (SSSR count). The van der Waals surface area contributed by atoms with Gasteiger partial charge in [-0.15, -0.1) is 11.3 Å². The van der Waals surface area contributed by atoms with Gasteiger partial charge in [0.25, 0.3) is 0 Å². The molecule has 0 unspecified atom stereocenters. The molecule has 2 aromatic rings. The maximum atomic E-state index is 13.8. The smallest absolute Gasteiger partial charge is 0.247 e. The molecule has 0 radical (unpaired) electrons. The van der Waals surface area contributed by atoms with Gasteiger partial charge in [0.1, 0.15) is 17.8 Å². The number of carbonyl (C=O) groups excluding carboxylic acids is 3. The number of hydrogen-bond donors (Lipinski definition) is 3. The predicted octanol–water partition coefficient (Wildman–Crippen LogP) is 3.91. The van der Waals surface area contributed by atoms with E-state index in [0.29, 0.717) is 5.75 Å². The van der Waals surface area contributed by atoms with Crippen LogP contribution in [0.1, 0.15) is 66.1 Å². The summed E-state index contributed by atoms with van der Waals surface area (Å²) in [7, 11) is 0. The van der Waals surface area contributed by atoms with Crippen LogP contribution in [-0.2, 0) is 20.9 Å². The van der Waals surface area contributed by atoms with Gasteiger partial charge in [-0.25, -0.2) is 4.98 Å². The fourth-order valence-electron chi connectivity index (χ4n) is 4.97. The minimum atomic E-state index is -0.855. The number of carbonyl (C=O) groups is 3. The highest BCUT2D eigenvalue weighted by Gasteiger charge is 2.46. The maximum Gasteiger partial charge on any atom is 0.247 e. The number of aliphatic hydroxyl groups is 1. The normalized spacial score (nSPS) is 18.2. The number of likely N-dealkylation sites (tertiary alicyclic amines) is 1. The number of aromatic nitrogens is 1. The first-order valence-corrected chi connectivity index (χ1v) is 15.4. The van der Waals surface area contributed by atoms with E-state index in [2.05, 4.69) is 15.6 Å². The number of ether oxygens (including phenoxy) is 1. The molecule has 3 amide bonds. The van der Waals surface area contributed by atoms with Gasteiger partial charge in [-0.2, -0.15) is 11.8 Å². The summed E-state index contributed by atoms with van der Waals surface area (Å²) < 4.78 is 5.45. The third kappa shape index (κ3) is 7.98. The summed E-state index contributed by atoms with van der Waals surface area (Å²) in [4.78, 5) is 46.0. The van der Waals surface area contributed by atoms with Crippen LogP contribution in [0.15, 0.2) is 23.7 Å². The topological polar surface area (TPSA) is 121 Å². The summed E-state index contributed by atoms with van der Waals surface area (Å²) in [6.07, 6.45) is -0.774. The van der Waals surface area contributed by atoms with Crippen LogP contribution in [0, 0.1) is 6.92 Å². The fraction of sp³-hybridized carbons (Fsp3) is 0.586. The van der Waals surface area contributed by atoms with Crippen molar-refractivity contribution in [3.63, 3.8) is 0 Å². The molecule has 3 atom stereocenters. The number of thiazole rings is 1. The molecule has 1 aliphatic heterocycles. The summed E-state index contributed by atoms with van der Waals surface area (Å²) >= 11 is 3.14. The molecule has 0 bridgehead atoms. The van der Waals surface area contributed by atoms with Crippen LogP contribution in [0.4, 0.5) is 0 Å². The summed E-state index contributed by atoms with van der Waals surface area (Å²) in [6.45, 7) is 15.3. The minimum Gasteiger partial charge on any atom is -0.491 e. The van der Waals surface area contributed by atoms with E-state index < -0.39 is 22.9 Å². The number of rotatable bonds is 11. The first-order valence-electron chi connectivity index (χ1n) is 13.6. The van der Waals surface area contributed by atoms with E-state index in [1.54, 1.807) is 23.1 Å². The maximum absolute atomic E-state index is 13.8. The average molecular weight is 591 g/mol. The molecule has 11 heteroatoms. The van der Waals surface area contributed by atoms with Gasteiger partial charge in [0.15, 0.2) is 0 Å². The Balaban J connectivity index is 1.80. The lowest BCUT2D eigenvalue weighted by atomic mass is 10.0. The molecule has 1 aliphatic rings. The molecule has 0 aliphatic carbocycles. The third-order valence-electron chi connectivity index (χ3n) is 6.58. The lowest BCUT2D eigenvalue weighted by Crippen LogP contribution is -2.59. The van der Waals surface area contributed by atoms with E-state index >= 15 is 0 Å². The van der Waals surface area contributed by atoms with Crippen molar-refractivity contribution in [2.45, 2.75) is 103 Å². The van der Waals surface area contributed by atoms with Crippen LogP contribution < -0.4 is 15.4 Å². The van der Waals surface area contributed by atoms with Crippen molar-refractivity contribution in [1.29, 1.82) is 0 Å². The number of benzene rings is 1. The fourth-order valence-corrected chi connectivity index (χ4v) is 7.28. The first-order chi connectivity index (χ1) is 18.7. The quantitative estimate of drug-likeness (QED) is 0.363. The molecule has 1 aromatic carbocycles. The van der Waals surface area contributed by atoms with E-state index in [0.717, 1.165) is 21.7 Å². The van der Waals surface area contributed by atoms with Gasteiger partial charge in [0.05, 0.1) is 28.3 Å². The zero-order chi connectivity index (χ0) is 29.8. The summed E-state index contributed by atoms with van der Waals surface area (Å²) in [6, 6.07) is 4.16. The molecular formula is C29H42N4O5S2. The molecule has 40 heavy (non-hydrogen) atoms. The second-order valence-electron chi connectivity index (χ2n) is 11.3. The van der Waals surface area contributed by atoms with Gasteiger partial charge in [-0.05, 0) is 51.5 Å². The Bertz CT molecular complexity index is 1210. The monoisotopic (exact) mass is 590 g/mol. The third-order valence-corrected chi connectivity index (χ3v) is 8.88. The van der Waals surface area contributed by atoms with Crippen LogP contribution >= 0.6 is 23.1 Å². The van der Waals surface area contributed by atoms with Crippen molar-refractivity contribution in [1.82, 2.24) is 20.5 Å². The number of hydrogen-bond acceptors (Lipinski definition) is 8. The number of aryl methyl sites for hydroxylation is 1. The van der Waals surface area contributed by atoms with Crippen LogP contribution in [-0.4, -0.2) is 73.5 Å². The zero-order valence-corrected chi connectivity index (χ0v) is 26.2. The van der Waals surface area contributed by atoms with Gasteiger partial charge >= 0.3 is 0 Å². The molecule has 9 nitrogen and oxygen atoms in total. The van der Waals surface area contributed by atoms with Crippen molar-refractivity contribution < 1.29 is 24.2 Å². The Kier molecular flexibility index (Phi) is 10.6. The number of nitrogens with one attached hydrogen (secondary N) is 2. The summed E-state index contributed by atoms with van der Waals surface area (Å²) in [5.41, 5.74) is 4.55. The molecule has 220 valence electrons. The molecular weight excluding hydrogens is 548 g/mol. The highest BCUT2D eigenvalue weighted by Crippen LogP contribution is 2.35. The largest absolute Gasteiger partial charge is 0.491 e. The van der Waals surface area contributed by atoms with E-state index in [1.807, 2.05) is 72.2 Å². The molecule has 1 fully saturated rings. The Labute approximate surface area is 245 Å². The average Bonchev–Trinajstić information content (AvgIpc) is 3.45. The SMILES string of the molecule is CC(=O)N[C@H](C(=O)N1C[C@H](O)C[C@H]1C(=O)NCc1ccc(-c2scnc2C)cc1OC(C)C)C(C)(C)SC(C)C. The second kappa shape index (κ2) is 13.4. The highest BCUT2D eigenvalue weighted by atomic mass is 32.2. The Morgan fingerprint density at radius 1 is 1.25 bits per heavy atom. The summed E-state index contributed by atoms with van der Waals surface area (Å²) in [5.74, 6) is -0.402. The van der Waals surface area contributed by atoms with Crippen LogP contribution in [0.25, 0.3) is 10.4 Å². The second-order valence-corrected chi connectivity index (χ2v) is 14.4. The molecule has 1 aromatic heterocycles. The van der Waals surface area contributed by atoms with Crippen LogP contribution in [0.2, 0.25) is 0 Å². The molecule has 2 heterocycles. The zero-order valence-electron chi connectivity index (χ0n) is 24.6. The number of β-amino-alcohol motifs (C(OH)–C–C–N with tert-alkyl or cyclic N) is 1. The standard InChI is InChI=1S/C29H42N4O5S2/c1-16(2)38-24-11-20(25-18(5)31-15-39-25)9-10-21(24)13-30-27(36)23-12-22(35)14-33(23)28(37)26(32-19(6)34)29(7,8)40-17(3)4/h9-11,15-17,22-23,26,35H,12-14H2,1-8H3,(H,30,36)(H,32,34)/t22-,23+,26-/m1/s1. The minimum absolute atomic E-state index is 0.0278. The van der Waals surface area contributed by atoms with Crippen molar-refractivity contribution in [2.24, 2.45) is 0 Å². The van der Waals surface area contributed by atoms with Gasteiger partial charge in [-0.1, -0.05) is 26.0 Å². The van der Waals surface area contributed by atoms with Gasteiger partial charge in [0.2, 0.25) is 17.7 Å². The highest BCUT2D eigenvalue weighted by molar-refractivity contribution is 8.01. The first kappa shape index (κ1) is 31.9. The number of amides is 3. The number of nitrogens with zero attached hydrogens (tertiary/aromatic N) is 2. The number of thioether (sulfide) groups is 1. The molecule has 3 N–H and O–H groups in total. The van der Waals surface area contributed by atoms with Gasteiger partial charge in [-0.3, -0.25) is 14.4 Å². The van der Waals surface area contributed by atoms with E-state index in [9.17, 15) is 19.5 Å². The van der Waals surface area contributed by atoms with Crippen molar-refractivity contribution in [3.05, 3.63) is 35.0 Å². The lowest BCUT2D eigenvalue weighted by molar-refractivity contribution is -0.142. The molecule has 0 spiro atoms. The lowest BCUT2D eigenvalue weighted by Gasteiger charge is -2.38. The van der Waals surface area contributed by atoms with E-state index in [-0.39, 0.29) is 48.6 Å². The Morgan fingerprint density at radius 2 is 1.95 bits per heavy atom. The van der Waals surface area contributed by atoms with E-state index in [1.165, 1.54) is 11.8 Å².